The van der Waals surface area contributed by atoms with Crippen molar-refractivity contribution >= 4 is 23.4 Å². The van der Waals surface area contributed by atoms with Gasteiger partial charge in [-0.15, -0.1) is 0 Å². The van der Waals surface area contributed by atoms with E-state index >= 15 is 0 Å². The number of H-pyrrole nitrogens is 1. The van der Waals surface area contributed by atoms with E-state index in [2.05, 4.69) is 15.3 Å². The molecule has 2 rings (SSSR count). The molecule has 0 aliphatic rings. The molecule has 0 radical (unpaired) electrons. The summed E-state index contributed by atoms with van der Waals surface area (Å²) in [5, 5.41) is 2.87. The van der Waals surface area contributed by atoms with Gasteiger partial charge in [-0.25, -0.2) is 4.98 Å². The molecule has 6 nitrogen and oxygen atoms in total. The number of benzene rings is 1. The first-order chi connectivity index (χ1) is 11.9. The molecule has 1 unspecified atom stereocenters. The van der Waals surface area contributed by atoms with Crippen LogP contribution < -0.4 is 15.6 Å². The number of ether oxygens (including phenoxy) is 1. The van der Waals surface area contributed by atoms with Crippen LogP contribution in [0.5, 0.6) is 5.75 Å². The average Bonchev–Trinajstić information content (AvgIpc) is 2.56. The van der Waals surface area contributed by atoms with Crippen molar-refractivity contribution in [2.45, 2.75) is 44.0 Å². The van der Waals surface area contributed by atoms with E-state index in [1.165, 1.54) is 17.8 Å². The predicted molar refractivity (Wildman–Crippen MR) is 101 cm³/mol. The molecule has 0 spiro atoms. The molecule has 1 heterocycles. The zero-order valence-corrected chi connectivity index (χ0v) is 15.6. The van der Waals surface area contributed by atoms with Crippen molar-refractivity contribution < 1.29 is 9.53 Å². The molecule has 0 bridgehead atoms. The summed E-state index contributed by atoms with van der Waals surface area (Å²) in [5.74, 6) is 0.586. The molecule has 0 saturated heterocycles. The third-order valence-electron chi connectivity index (χ3n) is 3.43. The summed E-state index contributed by atoms with van der Waals surface area (Å²) in [6.07, 6.45) is 0. The molecule has 1 aromatic carbocycles. The molecule has 0 fully saturated rings. The van der Waals surface area contributed by atoms with Crippen molar-refractivity contribution in [1.29, 1.82) is 0 Å². The maximum atomic E-state index is 12.5. The lowest BCUT2D eigenvalue weighted by atomic mass is 10.1. The first-order valence-corrected chi connectivity index (χ1v) is 9.09. The second-order valence-corrected chi connectivity index (χ2v) is 7.14. The van der Waals surface area contributed by atoms with Gasteiger partial charge in [-0.1, -0.05) is 37.7 Å². The van der Waals surface area contributed by atoms with Crippen LogP contribution in [0.1, 0.15) is 39.3 Å². The number of thioether (sulfide) groups is 1. The van der Waals surface area contributed by atoms with Gasteiger partial charge in [-0.3, -0.25) is 9.59 Å². The molecule has 0 aliphatic heterocycles. The van der Waals surface area contributed by atoms with Crippen molar-refractivity contribution in [3.05, 3.63) is 46.4 Å². The fourth-order valence-electron chi connectivity index (χ4n) is 2.11. The molecule has 0 aliphatic carbocycles. The highest BCUT2D eigenvalue weighted by atomic mass is 32.2. The number of carbonyl (C=O) groups excluding carboxylic acids is 1. The number of anilines is 1. The van der Waals surface area contributed by atoms with Gasteiger partial charge in [0.2, 0.25) is 5.91 Å². The molecular weight excluding hydrogens is 338 g/mol. The normalized spacial score (nSPS) is 12.0. The fourth-order valence-corrected chi connectivity index (χ4v) is 2.93. The molecule has 134 valence electrons. The maximum absolute atomic E-state index is 12.5. The summed E-state index contributed by atoms with van der Waals surface area (Å²) in [6.45, 7) is 8.12. The van der Waals surface area contributed by atoms with E-state index in [4.69, 9.17) is 4.74 Å². The van der Waals surface area contributed by atoms with Crippen molar-refractivity contribution in [3.63, 3.8) is 0 Å². The lowest BCUT2D eigenvalue weighted by Crippen LogP contribution is -2.23. The molecule has 25 heavy (non-hydrogen) atoms. The Morgan fingerprint density at radius 1 is 1.32 bits per heavy atom. The van der Waals surface area contributed by atoms with Crippen LogP contribution in [-0.2, 0) is 4.79 Å². The van der Waals surface area contributed by atoms with Crippen molar-refractivity contribution in [1.82, 2.24) is 9.97 Å². The monoisotopic (exact) mass is 361 g/mol. The number of hydrogen-bond donors (Lipinski definition) is 2. The lowest BCUT2D eigenvalue weighted by Gasteiger charge is -2.15. The molecule has 1 atom stereocenters. The Bertz CT molecular complexity index is 789. The van der Waals surface area contributed by atoms with Crippen LogP contribution in [0.15, 0.2) is 40.3 Å². The summed E-state index contributed by atoms with van der Waals surface area (Å²) in [4.78, 5) is 31.3. The maximum Gasteiger partial charge on any atom is 0.251 e. The second-order valence-electron chi connectivity index (χ2n) is 5.81. The third-order valence-corrected chi connectivity index (χ3v) is 4.42. The van der Waals surface area contributed by atoms with Crippen molar-refractivity contribution in [2.75, 3.05) is 11.9 Å². The number of hydrogen-bond acceptors (Lipinski definition) is 5. The van der Waals surface area contributed by atoms with Gasteiger partial charge in [0.05, 0.1) is 23.2 Å². The Labute approximate surface area is 151 Å². The van der Waals surface area contributed by atoms with Crippen LogP contribution in [0, 0.1) is 0 Å². The van der Waals surface area contributed by atoms with Crippen molar-refractivity contribution in [3.8, 4) is 5.75 Å². The molecule has 2 aromatic rings. The van der Waals surface area contributed by atoms with Gasteiger partial charge in [-0.2, -0.15) is 0 Å². The van der Waals surface area contributed by atoms with Crippen LogP contribution >= 0.6 is 11.8 Å². The number of aromatic nitrogens is 2. The molecule has 2 N–H and O–H groups in total. The van der Waals surface area contributed by atoms with Gasteiger partial charge >= 0.3 is 0 Å². The Morgan fingerprint density at radius 2 is 2.04 bits per heavy atom. The average molecular weight is 361 g/mol. The first kappa shape index (κ1) is 19.1. The summed E-state index contributed by atoms with van der Waals surface area (Å²) in [6, 6.07) is 8.77. The van der Waals surface area contributed by atoms with E-state index in [-0.39, 0.29) is 17.4 Å². The predicted octanol–water partition coefficient (Wildman–Crippen LogP) is 3.41. The Kier molecular flexibility index (Phi) is 6.64. The van der Waals surface area contributed by atoms with Crippen molar-refractivity contribution in [2.24, 2.45) is 0 Å². The summed E-state index contributed by atoms with van der Waals surface area (Å²) < 4.78 is 5.51. The van der Waals surface area contributed by atoms with Crippen LogP contribution in [0.3, 0.4) is 0 Å². The molecular formula is C18H23N3O3S. The Hall–Kier alpha value is -2.28. The lowest BCUT2D eigenvalue weighted by molar-refractivity contribution is -0.115. The summed E-state index contributed by atoms with van der Waals surface area (Å²) >= 11 is 1.22. The number of amides is 1. The number of para-hydroxylation sites is 2. The van der Waals surface area contributed by atoms with Crippen LogP contribution in [0.4, 0.5) is 5.69 Å². The minimum Gasteiger partial charge on any atom is -0.492 e. The zero-order valence-electron chi connectivity index (χ0n) is 14.8. The van der Waals surface area contributed by atoms with Gasteiger partial charge in [0.1, 0.15) is 5.75 Å². The molecule has 7 heteroatoms. The molecule has 0 saturated carbocycles. The minimum absolute atomic E-state index is 0.142. The van der Waals surface area contributed by atoms with E-state index in [0.717, 1.165) is 0 Å². The SMILES string of the molecule is CCOc1ccccc1NC(=O)C(C)Sc1nc(C(C)C)cc(=O)[nH]1. The largest absolute Gasteiger partial charge is 0.492 e. The van der Waals surface area contributed by atoms with Crippen LogP contribution in [0.25, 0.3) is 0 Å². The smallest absolute Gasteiger partial charge is 0.251 e. The number of rotatable bonds is 7. The van der Waals surface area contributed by atoms with E-state index in [1.807, 2.05) is 39.0 Å². The second kappa shape index (κ2) is 8.71. The van der Waals surface area contributed by atoms with E-state index in [9.17, 15) is 9.59 Å². The van der Waals surface area contributed by atoms with Gasteiger partial charge in [0, 0.05) is 6.07 Å². The van der Waals surface area contributed by atoms with Gasteiger partial charge in [0.15, 0.2) is 5.16 Å². The highest BCUT2D eigenvalue weighted by Gasteiger charge is 2.18. The highest BCUT2D eigenvalue weighted by Crippen LogP contribution is 2.26. The number of aromatic amines is 1. The summed E-state index contributed by atoms with van der Waals surface area (Å²) in [5.41, 5.74) is 1.12. The van der Waals surface area contributed by atoms with E-state index in [0.29, 0.717) is 28.9 Å². The van der Waals surface area contributed by atoms with Crippen LogP contribution in [0.2, 0.25) is 0 Å². The number of carbonyl (C=O) groups is 1. The fraction of sp³-hybridized carbons (Fsp3) is 0.389. The zero-order chi connectivity index (χ0) is 18.4. The molecule has 1 aromatic heterocycles. The highest BCUT2D eigenvalue weighted by molar-refractivity contribution is 8.00. The van der Waals surface area contributed by atoms with Gasteiger partial charge in [-0.05, 0) is 31.9 Å². The Morgan fingerprint density at radius 3 is 2.72 bits per heavy atom. The summed E-state index contributed by atoms with van der Waals surface area (Å²) in [7, 11) is 0. The number of nitrogens with one attached hydrogen (secondary N) is 2. The van der Waals surface area contributed by atoms with Gasteiger partial charge in [0.25, 0.3) is 5.56 Å². The minimum atomic E-state index is -0.430. The Balaban J connectivity index is 2.10. The molecule has 1 amide bonds. The van der Waals surface area contributed by atoms with Gasteiger partial charge < -0.3 is 15.0 Å². The quantitative estimate of drug-likeness (QED) is 0.583. The number of nitrogens with zero attached hydrogens (tertiary/aromatic N) is 1. The standard InChI is InChI=1S/C18H23N3O3S/c1-5-24-15-9-7-6-8-13(15)19-17(23)12(4)25-18-20-14(11(2)3)10-16(22)21-18/h6-12H,5H2,1-4H3,(H,19,23)(H,20,21,22). The third kappa shape index (κ3) is 5.35. The van der Waals surface area contributed by atoms with E-state index < -0.39 is 5.25 Å². The first-order valence-electron chi connectivity index (χ1n) is 8.21. The topological polar surface area (TPSA) is 84.1 Å². The van der Waals surface area contributed by atoms with E-state index in [1.54, 1.807) is 13.0 Å². The van der Waals surface area contributed by atoms with Crippen LogP contribution in [-0.4, -0.2) is 27.7 Å².